The Morgan fingerprint density at radius 2 is 1.56 bits per heavy atom. The third kappa shape index (κ3) is 6.07. The van der Waals surface area contributed by atoms with Crippen LogP contribution in [-0.4, -0.2) is 30.4 Å². The van der Waals surface area contributed by atoms with E-state index in [9.17, 15) is 18.0 Å². The van der Waals surface area contributed by atoms with Crippen LogP contribution in [0.5, 0.6) is 0 Å². The van der Waals surface area contributed by atoms with Gasteiger partial charge in [-0.1, -0.05) is 30.3 Å². The zero-order valence-corrected chi connectivity index (χ0v) is 14.3. The molecule has 0 bridgehead atoms. The van der Waals surface area contributed by atoms with E-state index < -0.39 is 11.7 Å². The molecule has 0 radical (unpaired) electrons. The monoisotopic (exact) mass is 372 g/mol. The van der Waals surface area contributed by atoms with Gasteiger partial charge in [-0.15, -0.1) is 12.4 Å². The van der Waals surface area contributed by atoms with E-state index in [1.807, 2.05) is 30.3 Å². The molecule has 2 aromatic rings. The number of benzene rings is 2. The molecule has 2 N–H and O–H groups in total. The van der Waals surface area contributed by atoms with Crippen LogP contribution in [0.25, 0.3) is 0 Å². The van der Waals surface area contributed by atoms with E-state index in [1.165, 1.54) is 12.1 Å². The predicted octanol–water partition coefficient (Wildman–Crippen LogP) is 3.77. The third-order valence-electron chi connectivity index (χ3n) is 3.66. The van der Waals surface area contributed by atoms with E-state index >= 15 is 0 Å². The number of nitrogens with zero attached hydrogens (tertiary/aromatic N) is 1. The smallest absolute Gasteiger partial charge is 0.337 e. The van der Waals surface area contributed by atoms with Gasteiger partial charge in [0.15, 0.2) is 0 Å². The van der Waals surface area contributed by atoms with Crippen molar-refractivity contribution in [1.29, 1.82) is 0 Å². The number of carbonyl (C=O) groups is 1. The van der Waals surface area contributed by atoms with Gasteiger partial charge in [0, 0.05) is 25.2 Å². The molecule has 0 atom stereocenters. The standard InChI is InChI=1S/C18H19F3N2O.ClH/c19-18(20,21)16-8-6-15(7-9-16)17(24)23(13-11-22)12-10-14-4-2-1-3-5-14;/h1-9H,10-13,22H2;1H. The summed E-state index contributed by atoms with van der Waals surface area (Å²) < 4.78 is 37.8. The first kappa shape index (κ1) is 21.0. The van der Waals surface area contributed by atoms with Gasteiger partial charge in [0.05, 0.1) is 5.56 Å². The summed E-state index contributed by atoms with van der Waals surface area (Å²) in [5.74, 6) is -0.315. The minimum Gasteiger partial charge on any atom is -0.337 e. The SMILES string of the molecule is Cl.NCCN(CCc1ccccc1)C(=O)c1ccc(C(F)(F)F)cc1. The summed E-state index contributed by atoms with van der Waals surface area (Å²) in [6.45, 7) is 1.11. The van der Waals surface area contributed by atoms with E-state index in [0.29, 0.717) is 26.1 Å². The molecule has 0 saturated heterocycles. The van der Waals surface area contributed by atoms with Crippen LogP contribution in [0.1, 0.15) is 21.5 Å². The number of alkyl halides is 3. The van der Waals surface area contributed by atoms with Crippen LogP contribution in [0.15, 0.2) is 54.6 Å². The summed E-state index contributed by atoms with van der Waals surface area (Å²) in [6, 6.07) is 13.9. The number of nitrogens with two attached hydrogens (primary N) is 1. The average molecular weight is 373 g/mol. The number of amides is 1. The second-order valence-corrected chi connectivity index (χ2v) is 5.39. The molecular formula is C18H20ClF3N2O. The number of hydrogen-bond donors (Lipinski definition) is 1. The molecule has 0 fully saturated rings. The van der Waals surface area contributed by atoms with Crippen LogP contribution in [0.2, 0.25) is 0 Å². The molecule has 7 heteroatoms. The molecule has 0 spiro atoms. The molecule has 2 aromatic carbocycles. The highest BCUT2D eigenvalue weighted by Crippen LogP contribution is 2.29. The summed E-state index contributed by atoms with van der Waals surface area (Å²) in [6.07, 6.45) is -3.75. The van der Waals surface area contributed by atoms with Gasteiger partial charge >= 0.3 is 6.18 Å². The lowest BCUT2D eigenvalue weighted by molar-refractivity contribution is -0.137. The molecule has 0 aromatic heterocycles. The molecule has 0 heterocycles. The third-order valence-corrected chi connectivity index (χ3v) is 3.66. The molecule has 3 nitrogen and oxygen atoms in total. The molecule has 0 aliphatic heterocycles. The van der Waals surface area contributed by atoms with E-state index in [0.717, 1.165) is 17.7 Å². The minimum atomic E-state index is -4.41. The van der Waals surface area contributed by atoms with Crippen LogP contribution in [0.3, 0.4) is 0 Å². The Morgan fingerprint density at radius 1 is 0.960 bits per heavy atom. The van der Waals surface area contributed by atoms with Gasteiger partial charge in [0.1, 0.15) is 0 Å². The van der Waals surface area contributed by atoms with Gasteiger partial charge in [-0.05, 0) is 36.2 Å². The fourth-order valence-electron chi connectivity index (χ4n) is 2.36. The van der Waals surface area contributed by atoms with Crippen LogP contribution in [0.4, 0.5) is 13.2 Å². The van der Waals surface area contributed by atoms with Gasteiger partial charge in [-0.3, -0.25) is 4.79 Å². The van der Waals surface area contributed by atoms with Crippen molar-refractivity contribution in [2.75, 3.05) is 19.6 Å². The van der Waals surface area contributed by atoms with Crippen molar-refractivity contribution in [2.24, 2.45) is 5.73 Å². The Labute approximate surface area is 151 Å². The van der Waals surface area contributed by atoms with Crippen molar-refractivity contribution >= 4 is 18.3 Å². The predicted molar refractivity (Wildman–Crippen MR) is 93.8 cm³/mol. The van der Waals surface area contributed by atoms with Crippen LogP contribution in [-0.2, 0) is 12.6 Å². The highest BCUT2D eigenvalue weighted by molar-refractivity contribution is 5.94. The Hall–Kier alpha value is -2.05. The van der Waals surface area contributed by atoms with Crippen molar-refractivity contribution in [1.82, 2.24) is 4.90 Å². The van der Waals surface area contributed by atoms with Gasteiger partial charge < -0.3 is 10.6 Å². The Bertz CT molecular complexity index is 660. The molecule has 0 aliphatic carbocycles. The topological polar surface area (TPSA) is 46.3 Å². The van der Waals surface area contributed by atoms with Crippen molar-refractivity contribution in [3.05, 3.63) is 71.3 Å². The molecule has 0 aliphatic rings. The number of halogens is 4. The molecule has 0 saturated carbocycles. The second-order valence-electron chi connectivity index (χ2n) is 5.39. The first-order valence-electron chi connectivity index (χ1n) is 7.62. The second kappa shape index (κ2) is 9.44. The highest BCUT2D eigenvalue weighted by Gasteiger charge is 2.30. The zero-order valence-electron chi connectivity index (χ0n) is 13.5. The largest absolute Gasteiger partial charge is 0.416 e. The quantitative estimate of drug-likeness (QED) is 0.839. The number of hydrogen-bond acceptors (Lipinski definition) is 2. The lowest BCUT2D eigenvalue weighted by Gasteiger charge is -2.22. The van der Waals surface area contributed by atoms with Gasteiger partial charge in [0.2, 0.25) is 0 Å². The Balaban J connectivity index is 0.00000312. The number of carbonyl (C=O) groups excluding carboxylic acids is 1. The maximum atomic E-state index is 12.6. The minimum absolute atomic E-state index is 0. The molecular weight excluding hydrogens is 353 g/mol. The average Bonchev–Trinajstić information content (AvgIpc) is 2.58. The summed E-state index contributed by atoms with van der Waals surface area (Å²) in [5, 5.41) is 0. The summed E-state index contributed by atoms with van der Waals surface area (Å²) >= 11 is 0. The van der Waals surface area contributed by atoms with Crippen LogP contribution < -0.4 is 5.73 Å². The van der Waals surface area contributed by atoms with Gasteiger partial charge in [0.25, 0.3) is 5.91 Å². The first-order chi connectivity index (χ1) is 11.4. The van der Waals surface area contributed by atoms with E-state index in [-0.39, 0.29) is 23.9 Å². The lowest BCUT2D eigenvalue weighted by Crippen LogP contribution is -2.37. The molecule has 25 heavy (non-hydrogen) atoms. The van der Waals surface area contributed by atoms with Gasteiger partial charge in [-0.2, -0.15) is 13.2 Å². The van der Waals surface area contributed by atoms with E-state index in [2.05, 4.69) is 0 Å². The van der Waals surface area contributed by atoms with E-state index in [1.54, 1.807) is 4.90 Å². The highest BCUT2D eigenvalue weighted by atomic mass is 35.5. The fourth-order valence-corrected chi connectivity index (χ4v) is 2.36. The normalized spacial score (nSPS) is 10.9. The molecule has 136 valence electrons. The van der Waals surface area contributed by atoms with Crippen molar-refractivity contribution in [2.45, 2.75) is 12.6 Å². The van der Waals surface area contributed by atoms with Crippen LogP contribution in [0, 0.1) is 0 Å². The molecule has 1 amide bonds. The zero-order chi connectivity index (χ0) is 17.6. The molecule has 2 rings (SSSR count). The summed E-state index contributed by atoms with van der Waals surface area (Å²) in [5.41, 5.74) is 6.09. The van der Waals surface area contributed by atoms with Crippen molar-refractivity contribution in [3.63, 3.8) is 0 Å². The molecule has 0 unspecified atom stereocenters. The van der Waals surface area contributed by atoms with Crippen molar-refractivity contribution < 1.29 is 18.0 Å². The van der Waals surface area contributed by atoms with E-state index in [4.69, 9.17) is 5.73 Å². The van der Waals surface area contributed by atoms with Crippen molar-refractivity contribution in [3.8, 4) is 0 Å². The Morgan fingerprint density at radius 3 is 2.08 bits per heavy atom. The Kier molecular flexibility index (Phi) is 7.93. The summed E-state index contributed by atoms with van der Waals surface area (Å²) in [7, 11) is 0. The first-order valence-corrected chi connectivity index (χ1v) is 7.62. The lowest BCUT2D eigenvalue weighted by atomic mass is 10.1. The summed E-state index contributed by atoms with van der Waals surface area (Å²) in [4.78, 5) is 14.1. The maximum absolute atomic E-state index is 12.6. The maximum Gasteiger partial charge on any atom is 0.416 e. The fraction of sp³-hybridized carbons (Fsp3) is 0.278. The van der Waals surface area contributed by atoms with Crippen LogP contribution >= 0.6 is 12.4 Å². The van der Waals surface area contributed by atoms with Gasteiger partial charge in [-0.25, -0.2) is 0 Å². The number of rotatable bonds is 6.